The quantitative estimate of drug-likeness (QED) is 0.328. The predicted molar refractivity (Wildman–Crippen MR) is 111 cm³/mol. The van der Waals surface area contributed by atoms with Gasteiger partial charge in [-0.1, -0.05) is 119 Å². The summed E-state index contributed by atoms with van der Waals surface area (Å²) in [5, 5.41) is 0. The third kappa shape index (κ3) is 8.91. The van der Waals surface area contributed by atoms with Gasteiger partial charge in [-0.05, 0) is 36.0 Å². The van der Waals surface area contributed by atoms with E-state index in [2.05, 4.69) is 61.5 Å². The second-order valence-electron chi connectivity index (χ2n) is 7.41. The first-order chi connectivity index (χ1) is 12.4. The van der Waals surface area contributed by atoms with E-state index in [1.165, 1.54) is 87.3 Å². The third-order valence-corrected chi connectivity index (χ3v) is 5.09. The zero-order valence-electron chi connectivity index (χ0n) is 16.2. The van der Waals surface area contributed by atoms with Gasteiger partial charge in [-0.25, -0.2) is 0 Å². The van der Waals surface area contributed by atoms with Crippen LogP contribution < -0.4 is 0 Å². The summed E-state index contributed by atoms with van der Waals surface area (Å²) in [6.45, 7) is 2.29. The van der Waals surface area contributed by atoms with E-state index in [9.17, 15) is 0 Å². The van der Waals surface area contributed by atoms with E-state index in [4.69, 9.17) is 0 Å². The minimum atomic E-state index is 1.04. The second kappa shape index (κ2) is 12.8. The highest BCUT2D eigenvalue weighted by Crippen LogP contribution is 2.14. The molecule has 0 heterocycles. The minimum Gasteiger partial charge on any atom is -0.0654 e. The van der Waals surface area contributed by atoms with Gasteiger partial charge in [-0.3, -0.25) is 0 Å². The molecular formula is C25H36. The molecule has 0 fully saturated rings. The molecule has 0 aromatic heterocycles. The van der Waals surface area contributed by atoms with Gasteiger partial charge in [0.05, 0.1) is 0 Å². The smallest absolute Gasteiger partial charge is 0.00258 e. The standard InChI is InChI=1S/C25H36/c1-2-3-4-5-6-7-8-9-10-12-15-23-18-20-25(21-19-23)22-24-16-13-11-14-17-24/h11,13-14,16-21H,2-10,12,15,22H2,1H3. The lowest BCUT2D eigenvalue weighted by Gasteiger charge is -2.05. The van der Waals surface area contributed by atoms with Gasteiger partial charge in [-0.15, -0.1) is 0 Å². The van der Waals surface area contributed by atoms with Gasteiger partial charge in [-0.2, -0.15) is 0 Å². The average molecular weight is 337 g/mol. The van der Waals surface area contributed by atoms with Gasteiger partial charge < -0.3 is 0 Å². The Morgan fingerprint density at radius 3 is 1.56 bits per heavy atom. The largest absolute Gasteiger partial charge is 0.0654 e. The van der Waals surface area contributed by atoms with Crippen molar-refractivity contribution in [2.24, 2.45) is 0 Å². The summed E-state index contributed by atoms with van der Waals surface area (Å²) in [5.41, 5.74) is 4.30. The first-order valence-corrected chi connectivity index (χ1v) is 10.5. The molecule has 0 saturated heterocycles. The highest BCUT2D eigenvalue weighted by Gasteiger charge is 1.98. The molecule has 0 atom stereocenters. The van der Waals surface area contributed by atoms with Crippen molar-refractivity contribution in [2.75, 3.05) is 0 Å². The number of unbranched alkanes of at least 4 members (excludes halogenated alkanes) is 9. The van der Waals surface area contributed by atoms with Gasteiger partial charge in [0.1, 0.15) is 0 Å². The van der Waals surface area contributed by atoms with Crippen LogP contribution >= 0.6 is 0 Å². The summed E-state index contributed by atoms with van der Waals surface area (Å²) < 4.78 is 0. The van der Waals surface area contributed by atoms with Crippen LogP contribution in [0.5, 0.6) is 0 Å². The maximum atomic E-state index is 2.33. The Balaban J connectivity index is 1.53. The molecule has 25 heavy (non-hydrogen) atoms. The molecule has 0 saturated carbocycles. The first-order valence-electron chi connectivity index (χ1n) is 10.5. The van der Waals surface area contributed by atoms with E-state index in [0.29, 0.717) is 0 Å². The van der Waals surface area contributed by atoms with Crippen molar-refractivity contribution >= 4 is 0 Å². The Bertz CT molecular complexity index is 538. The molecule has 0 aliphatic carbocycles. The summed E-state index contributed by atoms with van der Waals surface area (Å²) in [5.74, 6) is 0. The Kier molecular flexibility index (Phi) is 10.1. The van der Waals surface area contributed by atoms with E-state index in [1.807, 2.05) is 0 Å². The molecule has 0 heteroatoms. The van der Waals surface area contributed by atoms with Crippen LogP contribution in [0.2, 0.25) is 0 Å². The van der Waals surface area contributed by atoms with E-state index < -0.39 is 0 Å². The molecular weight excluding hydrogens is 300 g/mol. The van der Waals surface area contributed by atoms with Crippen LogP contribution in [0.1, 0.15) is 87.8 Å². The maximum Gasteiger partial charge on any atom is -0.00258 e. The minimum absolute atomic E-state index is 1.04. The Morgan fingerprint density at radius 2 is 0.960 bits per heavy atom. The van der Waals surface area contributed by atoms with Crippen LogP contribution in [-0.4, -0.2) is 0 Å². The van der Waals surface area contributed by atoms with Gasteiger partial charge in [0.25, 0.3) is 0 Å². The Morgan fingerprint density at radius 1 is 0.480 bits per heavy atom. The Hall–Kier alpha value is -1.56. The summed E-state index contributed by atoms with van der Waals surface area (Å²) in [6, 6.07) is 20.0. The molecule has 136 valence electrons. The molecule has 0 aliphatic heterocycles. The molecule has 0 aliphatic rings. The molecule has 0 spiro atoms. The molecule has 2 aromatic carbocycles. The van der Waals surface area contributed by atoms with E-state index in [-0.39, 0.29) is 0 Å². The van der Waals surface area contributed by atoms with Crippen LogP contribution in [0.25, 0.3) is 0 Å². The summed E-state index contributed by atoms with van der Waals surface area (Å²) >= 11 is 0. The van der Waals surface area contributed by atoms with Crippen LogP contribution in [-0.2, 0) is 12.8 Å². The maximum absolute atomic E-state index is 2.33. The van der Waals surface area contributed by atoms with Crippen LogP contribution in [0.4, 0.5) is 0 Å². The Labute approximate surface area is 155 Å². The van der Waals surface area contributed by atoms with Crippen molar-refractivity contribution in [1.29, 1.82) is 0 Å². The topological polar surface area (TPSA) is 0 Å². The monoisotopic (exact) mass is 336 g/mol. The van der Waals surface area contributed by atoms with Crippen LogP contribution in [0.15, 0.2) is 54.6 Å². The summed E-state index contributed by atoms with van der Waals surface area (Å²) in [4.78, 5) is 0. The highest BCUT2D eigenvalue weighted by atomic mass is 14.0. The van der Waals surface area contributed by atoms with Gasteiger partial charge >= 0.3 is 0 Å². The zero-order chi connectivity index (χ0) is 17.6. The number of hydrogen-bond donors (Lipinski definition) is 0. The lowest BCUT2D eigenvalue weighted by molar-refractivity contribution is 0.556. The molecule has 0 N–H and O–H groups in total. The fourth-order valence-corrected chi connectivity index (χ4v) is 3.47. The number of hydrogen-bond acceptors (Lipinski definition) is 0. The van der Waals surface area contributed by atoms with E-state index in [1.54, 1.807) is 0 Å². The molecule has 2 aromatic rings. The molecule has 0 radical (unpaired) electrons. The molecule has 0 amide bonds. The zero-order valence-corrected chi connectivity index (χ0v) is 16.2. The fourth-order valence-electron chi connectivity index (χ4n) is 3.47. The molecule has 0 nitrogen and oxygen atoms in total. The normalized spacial score (nSPS) is 10.9. The van der Waals surface area contributed by atoms with E-state index in [0.717, 1.165) is 6.42 Å². The van der Waals surface area contributed by atoms with Crippen molar-refractivity contribution in [3.8, 4) is 0 Å². The molecule has 0 bridgehead atoms. The van der Waals surface area contributed by atoms with E-state index >= 15 is 0 Å². The molecule has 0 unspecified atom stereocenters. The third-order valence-electron chi connectivity index (χ3n) is 5.09. The van der Waals surface area contributed by atoms with Gasteiger partial charge in [0.2, 0.25) is 0 Å². The van der Waals surface area contributed by atoms with Crippen LogP contribution in [0.3, 0.4) is 0 Å². The van der Waals surface area contributed by atoms with Crippen molar-refractivity contribution in [3.63, 3.8) is 0 Å². The first kappa shape index (κ1) is 19.8. The summed E-state index contributed by atoms with van der Waals surface area (Å²) in [6.07, 6.45) is 16.4. The lowest BCUT2D eigenvalue weighted by atomic mass is 10.0. The number of benzene rings is 2. The predicted octanol–water partition coefficient (Wildman–Crippen LogP) is 7.74. The fraction of sp³-hybridized carbons (Fsp3) is 0.520. The summed E-state index contributed by atoms with van der Waals surface area (Å²) in [7, 11) is 0. The van der Waals surface area contributed by atoms with Crippen molar-refractivity contribution in [1.82, 2.24) is 0 Å². The lowest BCUT2D eigenvalue weighted by Crippen LogP contribution is -1.90. The number of rotatable bonds is 13. The van der Waals surface area contributed by atoms with Gasteiger partial charge in [0.15, 0.2) is 0 Å². The van der Waals surface area contributed by atoms with Crippen LogP contribution in [0, 0.1) is 0 Å². The average Bonchev–Trinajstić information content (AvgIpc) is 2.65. The second-order valence-corrected chi connectivity index (χ2v) is 7.41. The highest BCUT2D eigenvalue weighted by molar-refractivity contribution is 5.28. The van der Waals surface area contributed by atoms with Crippen molar-refractivity contribution in [2.45, 2.75) is 84.0 Å². The SMILES string of the molecule is CCCCCCCCCCCCc1ccc(Cc2ccccc2)cc1. The van der Waals surface area contributed by atoms with Crippen molar-refractivity contribution in [3.05, 3.63) is 71.3 Å². The van der Waals surface area contributed by atoms with Gasteiger partial charge in [0, 0.05) is 0 Å². The number of aryl methyl sites for hydroxylation is 1. The van der Waals surface area contributed by atoms with Crippen molar-refractivity contribution < 1.29 is 0 Å². The molecule has 2 rings (SSSR count).